The maximum Gasteiger partial charge on any atom is -0.00751 e. The molecule has 0 aromatic rings. The Bertz CT molecular complexity index is 321. The van der Waals surface area contributed by atoms with Crippen molar-refractivity contribution in [1.29, 1.82) is 0 Å². The van der Waals surface area contributed by atoms with Crippen molar-refractivity contribution in [3.8, 4) is 0 Å². The average molecular weight is 188 g/mol. The molecule has 0 aliphatic heterocycles. The Labute approximate surface area is 87.1 Å². The van der Waals surface area contributed by atoms with Gasteiger partial charge in [-0.05, 0) is 67.4 Å². The SMILES string of the molecule is CC=C1CC2CC1=CC21CCC(C)C1. The lowest BCUT2D eigenvalue weighted by atomic mass is 9.73. The Morgan fingerprint density at radius 2 is 2.29 bits per heavy atom. The van der Waals surface area contributed by atoms with E-state index in [1.165, 1.54) is 32.1 Å². The minimum atomic E-state index is 0.654. The largest absolute Gasteiger partial charge is 0.0842 e. The summed E-state index contributed by atoms with van der Waals surface area (Å²) >= 11 is 0. The molecule has 0 aromatic carbocycles. The molecule has 3 aliphatic rings. The highest BCUT2D eigenvalue weighted by molar-refractivity contribution is 5.44. The van der Waals surface area contributed by atoms with Crippen LogP contribution in [0.1, 0.15) is 46.0 Å². The summed E-state index contributed by atoms with van der Waals surface area (Å²) in [5.74, 6) is 1.95. The van der Waals surface area contributed by atoms with E-state index in [1.807, 2.05) is 0 Å². The monoisotopic (exact) mass is 188 g/mol. The fourth-order valence-electron chi connectivity index (χ4n) is 4.06. The Hall–Kier alpha value is -0.520. The lowest BCUT2D eigenvalue weighted by molar-refractivity contribution is 0.254. The summed E-state index contributed by atoms with van der Waals surface area (Å²) in [6.45, 7) is 4.62. The number of hydrogen-bond donors (Lipinski definition) is 0. The summed E-state index contributed by atoms with van der Waals surface area (Å²) in [6.07, 6.45) is 12.2. The Morgan fingerprint density at radius 1 is 1.43 bits per heavy atom. The molecule has 0 amide bonds. The highest BCUT2D eigenvalue weighted by Crippen LogP contribution is 2.61. The van der Waals surface area contributed by atoms with E-state index in [0.29, 0.717) is 5.41 Å². The van der Waals surface area contributed by atoms with Crippen molar-refractivity contribution in [1.82, 2.24) is 0 Å². The van der Waals surface area contributed by atoms with Crippen molar-refractivity contribution >= 4 is 0 Å². The van der Waals surface area contributed by atoms with Crippen molar-refractivity contribution in [3.63, 3.8) is 0 Å². The first-order valence-corrected chi connectivity index (χ1v) is 6.11. The van der Waals surface area contributed by atoms with Gasteiger partial charge in [0.05, 0.1) is 0 Å². The topological polar surface area (TPSA) is 0 Å². The molecule has 76 valence electrons. The van der Waals surface area contributed by atoms with E-state index in [-0.39, 0.29) is 0 Å². The standard InChI is InChI=1S/C14H20/c1-3-11-6-13-7-12(11)9-14(13)5-4-10(2)8-14/h3,9-10,13H,4-8H2,1-2H3. The summed E-state index contributed by atoms with van der Waals surface area (Å²) in [5.41, 5.74) is 4.01. The van der Waals surface area contributed by atoms with Gasteiger partial charge in [-0.15, -0.1) is 0 Å². The van der Waals surface area contributed by atoms with E-state index in [1.54, 1.807) is 11.1 Å². The van der Waals surface area contributed by atoms with E-state index in [9.17, 15) is 0 Å². The van der Waals surface area contributed by atoms with E-state index >= 15 is 0 Å². The molecule has 14 heavy (non-hydrogen) atoms. The maximum atomic E-state index is 2.65. The van der Waals surface area contributed by atoms with Gasteiger partial charge in [0.1, 0.15) is 0 Å². The average Bonchev–Trinajstić information content (AvgIpc) is 2.80. The first kappa shape index (κ1) is 8.76. The van der Waals surface area contributed by atoms with Crippen molar-refractivity contribution in [3.05, 3.63) is 23.3 Å². The molecule has 3 rings (SSSR count). The van der Waals surface area contributed by atoms with Crippen LogP contribution in [0.3, 0.4) is 0 Å². The van der Waals surface area contributed by atoms with Gasteiger partial charge in [0.15, 0.2) is 0 Å². The van der Waals surface area contributed by atoms with Crippen molar-refractivity contribution < 1.29 is 0 Å². The molecule has 3 unspecified atom stereocenters. The highest BCUT2D eigenvalue weighted by atomic mass is 14.5. The summed E-state index contributed by atoms with van der Waals surface area (Å²) < 4.78 is 0. The van der Waals surface area contributed by atoms with Crippen LogP contribution in [0.5, 0.6) is 0 Å². The van der Waals surface area contributed by atoms with Crippen LogP contribution in [0.15, 0.2) is 23.3 Å². The molecule has 3 atom stereocenters. The minimum absolute atomic E-state index is 0.654. The third-order valence-electron chi connectivity index (χ3n) is 4.80. The zero-order chi connectivity index (χ0) is 9.76. The molecule has 0 radical (unpaired) electrons. The second-order valence-corrected chi connectivity index (χ2v) is 5.67. The normalized spacial score (nSPS) is 48.1. The lowest BCUT2D eigenvalue weighted by Crippen LogP contribution is -2.22. The van der Waals surface area contributed by atoms with Gasteiger partial charge < -0.3 is 0 Å². The van der Waals surface area contributed by atoms with Crippen LogP contribution in [-0.2, 0) is 0 Å². The van der Waals surface area contributed by atoms with E-state index in [4.69, 9.17) is 0 Å². The van der Waals surface area contributed by atoms with Crippen molar-refractivity contribution in [2.24, 2.45) is 17.3 Å². The maximum absolute atomic E-state index is 2.65. The predicted molar refractivity (Wildman–Crippen MR) is 60.0 cm³/mol. The van der Waals surface area contributed by atoms with E-state index in [0.717, 1.165) is 11.8 Å². The van der Waals surface area contributed by atoms with Gasteiger partial charge in [-0.1, -0.05) is 19.1 Å². The Balaban J connectivity index is 1.94. The second kappa shape index (κ2) is 2.74. The van der Waals surface area contributed by atoms with Crippen LogP contribution in [0.4, 0.5) is 0 Å². The van der Waals surface area contributed by atoms with Gasteiger partial charge in [0.25, 0.3) is 0 Å². The molecular weight excluding hydrogens is 168 g/mol. The minimum Gasteiger partial charge on any atom is -0.0842 e. The van der Waals surface area contributed by atoms with Crippen molar-refractivity contribution in [2.75, 3.05) is 0 Å². The van der Waals surface area contributed by atoms with Gasteiger partial charge in [-0.3, -0.25) is 0 Å². The van der Waals surface area contributed by atoms with E-state index < -0.39 is 0 Å². The zero-order valence-electron chi connectivity index (χ0n) is 9.34. The van der Waals surface area contributed by atoms with Gasteiger partial charge in [-0.2, -0.15) is 0 Å². The summed E-state index contributed by atoms with van der Waals surface area (Å²) in [5, 5.41) is 0. The molecule has 0 nitrogen and oxygen atoms in total. The molecule has 0 heteroatoms. The Morgan fingerprint density at radius 3 is 2.79 bits per heavy atom. The van der Waals surface area contributed by atoms with Crippen LogP contribution in [0.25, 0.3) is 0 Å². The molecule has 0 heterocycles. The first-order chi connectivity index (χ1) is 6.73. The Kier molecular flexibility index (Phi) is 1.72. The quantitative estimate of drug-likeness (QED) is 0.537. The molecule has 0 saturated heterocycles. The van der Waals surface area contributed by atoms with Crippen molar-refractivity contribution in [2.45, 2.75) is 46.0 Å². The van der Waals surface area contributed by atoms with Gasteiger partial charge in [-0.25, -0.2) is 0 Å². The first-order valence-electron chi connectivity index (χ1n) is 6.11. The number of fused-ring (bicyclic) bond motifs is 3. The number of rotatable bonds is 0. The van der Waals surface area contributed by atoms with Crippen LogP contribution >= 0.6 is 0 Å². The highest BCUT2D eigenvalue weighted by Gasteiger charge is 2.49. The molecule has 2 fully saturated rings. The summed E-state index contributed by atoms with van der Waals surface area (Å²) in [7, 11) is 0. The number of allylic oxidation sites excluding steroid dienone is 4. The molecule has 3 aliphatic carbocycles. The van der Waals surface area contributed by atoms with Crippen LogP contribution in [0.2, 0.25) is 0 Å². The van der Waals surface area contributed by atoms with Gasteiger partial charge in [0, 0.05) is 0 Å². The zero-order valence-corrected chi connectivity index (χ0v) is 9.34. The van der Waals surface area contributed by atoms with Gasteiger partial charge in [0.2, 0.25) is 0 Å². The van der Waals surface area contributed by atoms with Crippen LogP contribution in [0, 0.1) is 17.3 Å². The van der Waals surface area contributed by atoms with Gasteiger partial charge >= 0.3 is 0 Å². The third kappa shape index (κ3) is 1.00. The molecule has 0 N–H and O–H groups in total. The molecule has 1 spiro atoms. The number of hydrogen-bond acceptors (Lipinski definition) is 0. The van der Waals surface area contributed by atoms with E-state index in [2.05, 4.69) is 26.0 Å². The molecule has 2 bridgehead atoms. The summed E-state index contributed by atoms with van der Waals surface area (Å²) in [4.78, 5) is 0. The molecular formula is C14H20. The fraction of sp³-hybridized carbons (Fsp3) is 0.714. The fourth-order valence-corrected chi connectivity index (χ4v) is 4.06. The summed E-state index contributed by atoms with van der Waals surface area (Å²) in [6, 6.07) is 0. The second-order valence-electron chi connectivity index (χ2n) is 5.67. The predicted octanol–water partition coefficient (Wildman–Crippen LogP) is 4.09. The smallest absolute Gasteiger partial charge is 0.00751 e. The van der Waals surface area contributed by atoms with Crippen LogP contribution < -0.4 is 0 Å². The molecule has 2 saturated carbocycles. The third-order valence-corrected chi connectivity index (χ3v) is 4.80. The molecule has 0 aromatic heterocycles. The lowest BCUT2D eigenvalue weighted by Gasteiger charge is -2.31. The van der Waals surface area contributed by atoms with Crippen LogP contribution in [-0.4, -0.2) is 0 Å².